The summed E-state index contributed by atoms with van der Waals surface area (Å²) in [5.74, 6) is 0. The minimum atomic E-state index is 0.187. The molecule has 1 heterocycles. The number of nitrogens with zero attached hydrogens (tertiary/aromatic N) is 1. The van der Waals surface area contributed by atoms with Gasteiger partial charge in [-0.1, -0.05) is 30.3 Å². The molecule has 0 atom stereocenters. The normalized spacial score (nSPS) is 15.4. The van der Waals surface area contributed by atoms with Gasteiger partial charge in [0.2, 0.25) is 0 Å². The summed E-state index contributed by atoms with van der Waals surface area (Å²) in [5, 5.41) is 8.78. The molecule has 0 fully saturated rings. The average molecular weight is 216 g/mol. The van der Waals surface area contributed by atoms with E-state index in [0.717, 1.165) is 41.9 Å². The summed E-state index contributed by atoms with van der Waals surface area (Å²) in [7, 11) is 0. The van der Waals surface area contributed by atoms with Crippen LogP contribution in [0.1, 0.15) is 24.8 Å². The molecule has 1 aromatic carbocycles. The molecule has 0 aromatic heterocycles. The lowest BCUT2D eigenvalue weighted by Crippen LogP contribution is -2.02. The molecule has 0 unspecified atom stereocenters. The molecule has 0 radical (unpaired) electrons. The third-order valence-corrected chi connectivity index (χ3v) is 2.68. The molecule has 1 aromatic rings. The predicted molar refractivity (Wildman–Crippen MR) is 65.1 cm³/mol. The molecule has 1 aliphatic heterocycles. The van der Waals surface area contributed by atoms with Crippen molar-refractivity contribution in [2.75, 3.05) is 6.61 Å². The second-order valence-electron chi connectivity index (χ2n) is 3.90. The second-order valence-corrected chi connectivity index (χ2v) is 3.90. The molecule has 0 saturated carbocycles. The van der Waals surface area contributed by atoms with Crippen molar-refractivity contribution in [2.24, 2.45) is 10.7 Å². The van der Waals surface area contributed by atoms with E-state index < -0.39 is 0 Å². The molecule has 3 heteroatoms. The molecule has 3 nitrogen and oxygen atoms in total. The highest BCUT2D eigenvalue weighted by molar-refractivity contribution is 6.04. The zero-order valence-corrected chi connectivity index (χ0v) is 9.19. The summed E-state index contributed by atoms with van der Waals surface area (Å²) in [6, 6.07) is 10.1. The van der Waals surface area contributed by atoms with Crippen LogP contribution in [0.25, 0.3) is 0 Å². The minimum absolute atomic E-state index is 0.187. The van der Waals surface area contributed by atoms with Crippen LogP contribution in [0.4, 0.5) is 0 Å². The Hall–Kier alpha value is -1.61. The van der Waals surface area contributed by atoms with E-state index in [1.165, 1.54) is 0 Å². The molecule has 0 amide bonds. The Morgan fingerprint density at radius 1 is 1.25 bits per heavy atom. The zero-order valence-electron chi connectivity index (χ0n) is 9.19. The predicted octanol–water partition coefficient (Wildman–Crippen LogP) is 1.82. The van der Waals surface area contributed by atoms with E-state index in [9.17, 15) is 0 Å². The van der Waals surface area contributed by atoms with Crippen LogP contribution in [0.15, 0.2) is 46.7 Å². The van der Waals surface area contributed by atoms with E-state index in [2.05, 4.69) is 4.99 Å². The quantitative estimate of drug-likeness (QED) is 0.806. The van der Waals surface area contributed by atoms with E-state index in [1.54, 1.807) is 0 Å². The molecule has 0 aliphatic carbocycles. The Kier molecular flexibility index (Phi) is 3.37. The number of aliphatic imine (C=N–C) groups is 1. The summed E-state index contributed by atoms with van der Waals surface area (Å²) < 4.78 is 0. The summed E-state index contributed by atoms with van der Waals surface area (Å²) in [5.41, 5.74) is 9.87. The van der Waals surface area contributed by atoms with Gasteiger partial charge in [0.15, 0.2) is 0 Å². The zero-order chi connectivity index (χ0) is 11.4. The van der Waals surface area contributed by atoms with Crippen LogP contribution in [0.2, 0.25) is 0 Å². The van der Waals surface area contributed by atoms with Gasteiger partial charge in [-0.05, 0) is 18.4 Å². The van der Waals surface area contributed by atoms with Crippen LogP contribution >= 0.6 is 0 Å². The molecular formula is C13H16N2O. The first-order valence-electron chi connectivity index (χ1n) is 5.52. The number of rotatable bonds is 4. The van der Waals surface area contributed by atoms with Crippen molar-refractivity contribution < 1.29 is 5.11 Å². The maximum absolute atomic E-state index is 8.78. The number of hydrogen-bond acceptors (Lipinski definition) is 3. The molecule has 0 bridgehead atoms. The number of benzene rings is 1. The molecule has 2 rings (SSSR count). The Bertz CT molecular complexity index is 421. The standard InChI is InChI=1S/C13H16N2O/c14-11-9-13(10-5-2-1-3-6-10)15-12(11)7-4-8-16/h1-3,5-6,16H,4,7-9,14H2. The van der Waals surface area contributed by atoms with E-state index >= 15 is 0 Å². The van der Waals surface area contributed by atoms with Crippen molar-refractivity contribution >= 4 is 5.71 Å². The van der Waals surface area contributed by atoms with Crippen molar-refractivity contribution in [1.29, 1.82) is 0 Å². The van der Waals surface area contributed by atoms with Gasteiger partial charge in [0.25, 0.3) is 0 Å². The van der Waals surface area contributed by atoms with Crippen molar-refractivity contribution in [2.45, 2.75) is 19.3 Å². The number of hydrogen-bond donors (Lipinski definition) is 2. The second kappa shape index (κ2) is 4.94. The van der Waals surface area contributed by atoms with Crippen LogP contribution in [0.5, 0.6) is 0 Å². The van der Waals surface area contributed by atoms with Crippen LogP contribution in [-0.2, 0) is 0 Å². The number of nitrogens with two attached hydrogens (primary N) is 1. The SMILES string of the molecule is NC1=C(CCCO)N=C(c2ccccc2)C1. The van der Waals surface area contributed by atoms with Gasteiger partial charge in [-0.15, -0.1) is 0 Å². The lowest BCUT2D eigenvalue weighted by molar-refractivity contribution is 0.288. The van der Waals surface area contributed by atoms with Gasteiger partial charge in [0, 0.05) is 18.7 Å². The van der Waals surface area contributed by atoms with Gasteiger partial charge in [-0.2, -0.15) is 0 Å². The molecule has 3 N–H and O–H groups in total. The maximum atomic E-state index is 8.78. The Morgan fingerprint density at radius 3 is 2.69 bits per heavy atom. The fourth-order valence-electron chi connectivity index (χ4n) is 1.82. The van der Waals surface area contributed by atoms with E-state index in [4.69, 9.17) is 10.8 Å². The van der Waals surface area contributed by atoms with Crippen LogP contribution in [0.3, 0.4) is 0 Å². The first-order chi connectivity index (χ1) is 7.81. The van der Waals surface area contributed by atoms with Crippen LogP contribution in [0, 0.1) is 0 Å². The topological polar surface area (TPSA) is 58.6 Å². The number of aliphatic hydroxyl groups excluding tert-OH is 1. The van der Waals surface area contributed by atoms with Crippen molar-refractivity contribution in [1.82, 2.24) is 0 Å². The van der Waals surface area contributed by atoms with Gasteiger partial charge in [-0.3, -0.25) is 4.99 Å². The fraction of sp³-hybridized carbons (Fsp3) is 0.308. The van der Waals surface area contributed by atoms with Gasteiger partial charge < -0.3 is 10.8 Å². The number of allylic oxidation sites excluding steroid dienone is 2. The first-order valence-corrected chi connectivity index (χ1v) is 5.52. The first kappa shape index (κ1) is 10.9. The summed E-state index contributed by atoms with van der Waals surface area (Å²) in [6.07, 6.45) is 2.21. The number of aliphatic hydroxyl groups is 1. The van der Waals surface area contributed by atoms with Crippen molar-refractivity contribution in [3.8, 4) is 0 Å². The minimum Gasteiger partial charge on any atom is -0.400 e. The lowest BCUT2D eigenvalue weighted by atomic mass is 10.1. The van der Waals surface area contributed by atoms with E-state index in [1.807, 2.05) is 30.3 Å². The molecule has 84 valence electrons. The van der Waals surface area contributed by atoms with Crippen molar-refractivity contribution in [3.05, 3.63) is 47.3 Å². The summed E-state index contributed by atoms with van der Waals surface area (Å²) in [6.45, 7) is 0.187. The highest BCUT2D eigenvalue weighted by Crippen LogP contribution is 2.23. The van der Waals surface area contributed by atoms with Gasteiger partial charge >= 0.3 is 0 Å². The molecular weight excluding hydrogens is 200 g/mol. The largest absolute Gasteiger partial charge is 0.400 e. The third kappa shape index (κ3) is 2.31. The highest BCUT2D eigenvalue weighted by Gasteiger charge is 2.15. The molecule has 1 aliphatic rings. The Morgan fingerprint density at radius 2 is 2.00 bits per heavy atom. The highest BCUT2D eigenvalue weighted by atomic mass is 16.2. The smallest absolute Gasteiger partial charge is 0.0599 e. The third-order valence-electron chi connectivity index (χ3n) is 2.68. The molecule has 16 heavy (non-hydrogen) atoms. The van der Waals surface area contributed by atoms with Gasteiger partial charge in [0.1, 0.15) is 0 Å². The van der Waals surface area contributed by atoms with E-state index in [0.29, 0.717) is 0 Å². The lowest BCUT2D eigenvalue weighted by Gasteiger charge is -1.98. The summed E-state index contributed by atoms with van der Waals surface area (Å²) in [4.78, 5) is 4.54. The summed E-state index contributed by atoms with van der Waals surface area (Å²) >= 11 is 0. The van der Waals surface area contributed by atoms with Crippen LogP contribution < -0.4 is 5.73 Å². The van der Waals surface area contributed by atoms with Gasteiger partial charge in [-0.25, -0.2) is 0 Å². The molecule has 0 saturated heterocycles. The maximum Gasteiger partial charge on any atom is 0.0599 e. The van der Waals surface area contributed by atoms with Crippen molar-refractivity contribution in [3.63, 3.8) is 0 Å². The van der Waals surface area contributed by atoms with Crippen LogP contribution in [-0.4, -0.2) is 17.4 Å². The fourth-order valence-corrected chi connectivity index (χ4v) is 1.82. The Balaban J connectivity index is 2.12. The molecule has 0 spiro atoms. The average Bonchev–Trinajstić information content (AvgIpc) is 2.69. The van der Waals surface area contributed by atoms with Gasteiger partial charge in [0.05, 0.1) is 11.4 Å². The monoisotopic (exact) mass is 216 g/mol. The Labute approximate surface area is 95.3 Å². The van der Waals surface area contributed by atoms with E-state index in [-0.39, 0.29) is 6.61 Å².